The molecule has 4 nitrogen and oxygen atoms in total. The summed E-state index contributed by atoms with van der Waals surface area (Å²) in [5.74, 6) is -0.521. The van der Waals surface area contributed by atoms with Gasteiger partial charge in [-0.25, -0.2) is 0 Å². The van der Waals surface area contributed by atoms with E-state index in [0.29, 0.717) is 10.6 Å². The standard InChI is InChI=1S/C18H18ClNO3/c1-12(21)23-18(14-8-10-15(19)11-9-14)16(20-2)17(22)13-6-4-3-5-7-13/h3-11,16,18,20H,1-2H3/p+1/t16-,18-/m1/s1. The number of carbonyl (C=O) groups is 2. The zero-order valence-corrected chi connectivity index (χ0v) is 13.8. The van der Waals surface area contributed by atoms with Crippen LogP contribution in [-0.2, 0) is 9.53 Å². The summed E-state index contributed by atoms with van der Waals surface area (Å²) < 4.78 is 5.44. The molecule has 0 aliphatic carbocycles. The summed E-state index contributed by atoms with van der Waals surface area (Å²) in [7, 11) is 1.79. The molecule has 2 rings (SSSR count). The van der Waals surface area contributed by atoms with Gasteiger partial charge in [0.25, 0.3) is 0 Å². The number of ether oxygens (including phenoxy) is 1. The van der Waals surface area contributed by atoms with Crippen LogP contribution < -0.4 is 5.32 Å². The molecule has 0 saturated heterocycles. The minimum atomic E-state index is -0.678. The Labute approximate surface area is 140 Å². The second kappa shape index (κ2) is 7.90. The van der Waals surface area contributed by atoms with Gasteiger partial charge in [-0.15, -0.1) is 0 Å². The van der Waals surface area contributed by atoms with Crippen molar-refractivity contribution in [2.45, 2.75) is 19.1 Å². The molecule has 0 amide bonds. The molecule has 2 aromatic rings. The van der Waals surface area contributed by atoms with E-state index in [1.54, 1.807) is 48.8 Å². The van der Waals surface area contributed by atoms with Crippen molar-refractivity contribution in [1.82, 2.24) is 0 Å². The molecule has 2 aromatic carbocycles. The Morgan fingerprint density at radius 3 is 2.17 bits per heavy atom. The maximum Gasteiger partial charge on any atom is 0.303 e. The normalized spacial score (nSPS) is 13.2. The first kappa shape index (κ1) is 17.2. The van der Waals surface area contributed by atoms with Crippen molar-refractivity contribution in [2.75, 3.05) is 7.05 Å². The van der Waals surface area contributed by atoms with Crippen LogP contribution in [0.25, 0.3) is 0 Å². The molecule has 0 spiro atoms. The van der Waals surface area contributed by atoms with Crippen LogP contribution in [0.2, 0.25) is 5.02 Å². The first-order valence-electron chi connectivity index (χ1n) is 7.34. The highest BCUT2D eigenvalue weighted by atomic mass is 35.5. The van der Waals surface area contributed by atoms with E-state index >= 15 is 0 Å². The van der Waals surface area contributed by atoms with Gasteiger partial charge in [0, 0.05) is 17.5 Å². The Bertz CT molecular complexity index is 670. The number of benzene rings is 2. The summed E-state index contributed by atoms with van der Waals surface area (Å²) in [5, 5.41) is 2.35. The van der Waals surface area contributed by atoms with E-state index in [4.69, 9.17) is 16.3 Å². The van der Waals surface area contributed by atoms with Gasteiger partial charge in [-0.3, -0.25) is 9.59 Å². The summed E-state index contributed by atoms with van der Waals surface area (Å²) in [6.07, 6.45) is -0.678. The number of quaternary nitrogens is 1. The maximum atomic E-state index is 12.8. The van der Waals surface area contributed by atoms with Crippen molar-refractivity contribution in [2.24, 2.45) is 0 Å². The Morgan fingerprint density at radius 2 is 1.65 bits per heavy atom. The van der Waals surface area contributed by atoms with Crippen LogP contribution in [0.15, 0.2) is 54.6 Å². The van der Waals surface area contributed by atoms with Crippen LogP contribution in [0.1, 0.15) is 28.9 Å². The average Bonchev–Trinajstić information content (AvgIpc) is 2.55. The number of carbonyl (C=O) groups excluding carboxylic acids is 2. The van der Waals surface area contributed by atoms with Gasteiger partial charge in [0.1, 0.15) is 0 Å². The Balaban J connectivity index is 2.37. The molecule has 0 bridgehead atoms. The lowest BCUT2D eigenvalue weighted by Crippen LogP contribution is -2.89. The van der Waals surface area contributed by atoms with E-state index < -0.39 is 18.1 Å². The summed E-state index contributed by atoms with van der Waals surface area (Å²) in [5.41, 5.74) is 1.32. The first-order valence-corrected chi connectivity index (χ1v) is 7.72. The average molecular weight is 333 g/mol. The monoisotopic (exact) mass is 332 g/mol. The zero-order chi connectivity index (χ0) is 16.8. The molecular formula is C18H19ClNO3+. The van der Waals surface area contributed by atoms with E-state index in [1.165, 1.54) is 6.92 Å². The van der Waals surface area contributed by atoms with Crippen molar-refractivity contribution >= 4 is 23.4 Å². The highest BCUT2D eigenvalue weighted by Gasteiger charge is 2.35. The van der Waals surface area contributed by atoms with Crippen LogP contribution in [0.3, 0.4) is 0 Å². The number of ketones is 1. The summed E-state index contributed by atoms with van der Waals surface area (Å²) >= 11 is 5.91. The fourth-order valence-corrected chi connectivity index (χ4v) is 2.56. The SMILES string of the molecule is C[NH2+][C@H](C(=O)c1ccccc1)[C@H](OC(C)=O)c1ccc(Cl)cc1. The number of esters is 1. The van der Waals surface area contributed by atoms with E-state index in [2.05, 4.69) is 0 Å². The van der Waals surface area contributed by atoms with Crippen LogP contribution in [-0.4, -0.2) is 24.8 Å². The predicted octanol–water partition coefficient (Wildman–Crippen LogP) is 2.39. The maximum absolute atomic E-state index is 12.8. The van der Waals surface area contributed by atoms with Crippen LogP contribution >= 0.6 is 11.6 Å². The second-order valence-corrected chi connectivity index (χ2v) is 5.61. The lowest BCUT2D eigenvalue weighted by Gasteiger charge is -2.23. The van der Waals surface area contributed by atoms with Crippen molar-refractivity contribution < 1.29 is 19.6 Å². The van der Waals surface area contributed by atoms with Gasteiger partial charge in [0.05, 0.1) is 7.05 Å². The molecule has 2 N–H and O–H groups in total. The zero-order valence-electron chi connectivity index (χ0n) is 13.0. The lowest BCUT2D eigenvalue weighted by molar-refractivity contribution is -0.657. The molecule has 120 valence electrons. The van der Waals surface area contributed by atoms with E-state index in [1.807, 2.05) is 18.2 Å². The Morgan fingerprint density at radius 1 is 1.04 bits per heavy atom. The second-order valence-electron chi connectivity index (χ2n) is 5.17. The predicted molar refractivity (Wildman–Crippen MR) is 88.4 cm³/mol. The van der Waals surface area contributed by atoms with Gasteiger partial charge in [-0.05, 0) is 17.7 Å². The molecular weight excluding hydrogens is 314 g/mol. The van der Waals surface area contributed by atoms with Crippen LogP contribution in [0.4, 0.5) is 0 Å². The molecule has 0 unspecified atom stereocenters. The summed E-state index contributed by atoms with van der Waals surface area (Å²) in [6, 6.07) is 15.4. The van der Waals surface area contributed by atoms with E-state index in [9.17, 15) is 9.59 Å². The van der Waals surface area contributed by atoms with Gasteiger partial charge in [0.2, 0.25) is 5.78 Å². The topological polar surface area (TPSA) is 60.0 Å². The molecule has 0 aliphatic heterocycles. The smallest absolute Gasteiger partial charge is 0.303 e. The molecule has 0 fully saturated rings. The molecule has 0 radical (unpaired) electrons. The molecule has 0 saturated carbocycles. The van der Waals surface area contributed by atoms with E-state index in [0.717, 1.165) is 5.56 Å². The van der Waals surface area contributed by atoms with Gasteiger partial charge in [-0.2, -0.15) is 0 Å². The molecule has 5 heteroatoms. The number of nitrogens with two attached hydrogens (primary N) is 1. The molecule has 0 aliphatic rings. The highest BCUT2D eigenvalue weighted by molar-refractivity contribution is 6.30. The molecule has 0 aromatic heterocycles. The number of likely N-dealkylation sites (N-methyl/N-ethyl adjacent to an activating group) is 1. The highest BCUT2D eigenvalue weighted by Crippen LogP contribution is 2.24. The third-order valence-corrected chi connectivity index (χ3v) is 3.79. The third kappa shape index (κ3) is 4.41. The lowest BCUT2D eigenvalue weighted by atomic mass is 9.95. The molecule has 0 heterocycles. The minimum absolute atomic E-state index is 0.0886. The Kier molecular flexibility index (Phi) is 5.90. The third-order valence-electron chi connectivity index (χ3n) is 3.54. The number of hydrogen-bond donors (Lipinski definition) is 1. The number of rotatable bonds is 6. The van der Waals surface area contributed by atoms with Crippen molar-refractivity contribution in [3.8, 4) is 0 Å². The molecule has 23 heavy (non-hydrogen) atoms. The number of halogens is 1. The number of hydrogen-bond acceptors (Lipinski definition) is 3. The summed E-state index contributed by atoms with van der Waals surface area (Å²) in [4.78, 5) is 24.3. The van der Waals surface area contributed by atoms with E-state index in [-0.39, 0.29) is 5.78 Å². The fraction of sp³-hybridized carbons (Fsp3) is 0.222. The van der Waals surface area contributed by atoms with Crippen molar-refractivity contribution in [3.05, 3.63) is 70.7 Å². The van der Waals surface area contributed by atoms with Crippen molar-refractivity contribution in [1.29, 1.82) is 0 Å². The van der Waals surface area contributed by atoms with Gasteiger partial charge < -0.3 is 10.1 Å². The quantitative estimate of drug-likeness (QED) is 0.652. The number of Topliss-reactive ketones (excluding diaryl/α,β-unsaturated/α-hetero) is 1. The fourth-order valence-electron chi connectivity index (χ4n) is 2.44. The van der Waals surface area contributed by atoms with Crippen molar-refractivity contribution in [3.63, 3.8) is 0 Å². The minimum Gasteiger partial charge on any atom is -0.451 e. The molecule has 2 atom stereocenters. The van der Waals surface area contributed by atoms with Gasteiger partial charge >= 0.3 is 5.97 Å². The first-order chi connectivity index (χ1) is 11.0. The largest absolute Gasteiger partial charge is 0.451 e. The Hall–Kier alpha value is -2.17. The van der Waals surface area contributed by atoms with Gasteiger partial charge in [-0.1, -0.05) is 54.1 Å². The van der Waals surface area contributed by atoms with Gasteiger partial charge in [0.15, 0.2) is 12.1 Å². The van der Waals surface area contributed by atoms with Crippen LogP contribution in [0, 0.1) is 0 Å². The summed E-state index contributed by atoms with van der Waals surface area (Å²) in [6.45, 7) is 1.34. The van der Waals surface area contributed by atoms with Crippen LogP contribution in [0.5, 0.6) is 0 Å².